The summed E-state index contributed by atoms with van der Waals surface area (Å²) in [4.78, 5) is 41.8. The van der Waals surface area contributed by atoms with E-state index in [4.69, 9.17) is 4.74 Å². The van der Waals surface area contributed by atoms with Crippen molar-refractivity contribution in [2.24, 2.45) is 10.3 Å². The third-order valence-corrected chi connectivity index (χ3v) is 10.6. The summed E-state index contributed by atoms with van der Waals surface area (Å²) in [6.45, 7) is 5.40. The number of anilines is 2. The molecule has 0 bridgehead atoms. The van der Waals surface area contributed by atoms with E-state index in [0.29, 0.717) is 19.3 Å². The van der Waals surface area contributed by atoms with Crippen LogP contribution in [-0.4, -0.2) is 80.6 Å². The summed E-state index contributed by atoms with van der Waals surface area (Å²) < 4.78 is 62.1. The third-order valence-electron chi connectivity index (χ3n) is 8.70. The van der Waals surface area contributed by atoms with Crippen LogP contribution >= 0.6 is 0 Å². The number of sulfonamides is 2. The highest BCUT2D eigenvalue weighted by atomic mass is 32.2. The molecule has 1 fully saturated rings. The average molecular weight is 689 g/mol. The van der Waals surface area contributed by atoms with Crippen molar-refractivity contribution in [1.82, 2.24) is 4.90 Å². The molecule has 3 aliphatic rings. The van der Waals surface area contributed by atoms with Crippen LogP contribution in [0.25, 0.3) is 5.76 Å². The minimum atomic E-state index is -4.55. The molecule has 1 aliphatic carbocycles. The van der Waals surface area contributed by atoms with Crippen molar-refractivity contribution in [3.8, 4) is 0 Å². The number of rotatable bonds is 9. The maximum atomic E-state index is 14.7. The molecule has 14 nitrogen and oxygen atoms in total. The lowest BCUT2D eigenvalue weighted by atomic mass is 9.65. The molecule has 0 aromatic heterocycles. The smallest absolute Gasteiger partial charge is 0.407 e. The predicted molar refractivity (Wildman–Crippen MR) is 173 cm³/mol. The number of aliphatic hydroxyl groups is 1. The number of ketones is 1. The van der Waals surface area contributed by atoms with E-state index in [1.54, 1.807) is 19.1 Å². The molecule has 16 heteroatoms. The lowest BCUT2D eigenvalue weighted by molar-refractivity contribution is -0.157. The Labute approximate surface area is 272 Å². The number of esters is 1. The lowest BCUT2D eigenvalue weighted by Gasteiger charge is -2.39. The van der Waals surface area contributed by atoms with Gasteiger partial charge in [0.1, 0.15) is 22.8 Å². The maximum Gasteiger partial charge on any atom is 0.407 e. The minimum absolute atomic E-state index is 0.0181. The standard InChI is InChI=1S/C31H36N4O10S2/c1-18(2)12-14-31(28(38)45-17-30(3)13-7-15-35(30)29(39)40)21-9-6-5-8-20(21)25(36)24(26(31)37)27-32-22-11-10-19(33-46(4,41)42)16-23(22)47(43,44)34-27/h5-6,8-11,16,18,33,36H,7,12-15,17H2,1-4H3,(H,32,34)(H,39,40)/t30-,31+/m1/s1. The quantitative estimate of drug-likeness (QED) is 0.220. The molecule has 1 amide bonds. The third kappa shape index (κ3) is 6.18. The summed E-state index contributed by atoms with van der Waals surface area (Å²) in [5.74, 6) is -3.01. The number of amides is 1. The number of nitrogens with one attached hydrogen (secondary N) is 2. The number of fused-ring (bicyclic) bond motifs is 2. The van der Waals surface area contributed by atoms with E-state index in [1.807, 2.05) is 13.8 Å². The summed E-state index contributed by atoms with van der Waals surface area (Å²) in [6.07, 6.45) is 1.04. The molecule has 0 spiro atoms. The SMILES string of the molecule is CC(C)CC[C@@]1(C(=O)OC[C@@]2(C)CCCN2C(=O)O)C(=O)C(C2=NS(=O)(=O)c3cc(NS(C)(=O)=O)ccc3N2)=C(O)c2ccccc21. The van der Waals surface area contributed by atoms with E-state index >= 15 is 0 Å². The van der Waals surface area contributed by atoms with Crippen LogP contribution in [0.3, 0.4) is 0 Å². The average Bonchev–Trinajstić information content (AvgIpc) is 3.37. The van der Waals surface area contributed by atoms with E-state index in [-0.39, 0.29) is 52.9 Å². The van der Waals surface area contributed by atoms with Gasteiger partial charge in [-0.05, 0) is 62.3 Å². The minimum Gasteiger partial charge on any atom is -0.506 e. The van der Waals surface area contributed by atoms with Gasteiger partial charge in [-0.25, -0.2) is 13.2 Å². The number of nitrogens with zero attached hydrogens (tertiary/aromatic N) is 2. The van der Waals surface area contributed by atoms with Gasteiger partial charge in [0.2, 0.25) is 10.0 Å². The van der Waals surface area contributed by atoms with Crippen molar-refractivity contribution >= 4 is 60.9 Å². The highest BCUT2D eigenvalue weighted by Crippen LogP contribution is 2.46. The molecule has 2 aromatic carbocycles. The van der Waals surface area contributed by atoms with Crippen LogP contribution in [0.5, 0.6) is 0 Å². The maximum absolute atomic E-state index is 14.7. The monoisotopic (exact) mass is 688 g/mol. The first-order valence-electron chi connectivity index (χ1n) is 14.9. The Morgan fingerprint density at radius 1 is 1.19 bits per heavy atom. The van der Waals surface area contributed by atoms with Crippen LogP contribution in [0.4, 0.5) is 16.2 Å². The Bertz CT molecular complexity index is 1960. The zero-order valence-electron chi connectivity index (χ0n) is 26.2. The number of carbonyl (C=O) groups is 3. The van der Waals surface area contributed by atoms with Gasteiger partial charge in [-0.1, -0.05) is 38.1 Å². The van der Waals surface area contributed by atoms with E-state index < -0.39 is 66.0 Å². The van der Waals surface area contributed by atoms with Gasteiger partial charge in [0.15, 0.2) is 17.0 Å². The lowest BCUT2D eigenvalue weighted by Crippen LogP contribution is -2.53. The van der Waals surface area contributed by atoms with Crippen LogP contribution < -0.4 is 10.0 Å². The number of Topliss-reactive ketones (excluding diaryl/α,β-unsaturated/α-hetero) is 1. The van der Waals surface area contributed by atoms with Crippen LogP contribution in [0, 0.1) is 5.92 Å². The van der Waals surface area contributed by atoms with Crippen LogP contribution in [0.1, 0.15) is 57.6 Å². The second kappa shape index (κ2) is 12.0. The van der Waals surface area contributed by atoms with Gasteiger partial charge in [-0.15, -0.1) is 4.40 Å². The number of amidine groups is 1. The van der Waals surface area contributed by atoms with E-state index in [0.717, 1.165) is 12.3 Å². The molecular formula is C31H36N4O10S2. The van der Waals surface area contributed by atoms with Gasteiger partial charge in [-0.3, -0.25) is 19.2 Å². The topological polar surface area (TPSA) is 209 Å². The second-order valence-corrected chi connectivity index (χ2v) is 16.0. The zero-order chi connectivity index (χ0) is 34.5. The molecule has 0 saturated carbocycles. The summed E-state index contributed by atoms with van der Waals surface area (Å²) in [6, 6.07) is 9.88. The molecule has 1 saturated heterocycles. The largest absolute Gasteiger partial charge is 0.506 e. The Hall–Kier alpha value is -4.44. The predicted octanol–water partition coefficient (Wildman–Crippen LogP) is 3.87. The summed E-state index contributed by atoms with van der Waals surface area (Å²) in [5.41, 5.74) is -3.43. The van der Waals surface area contributed by atoms with Gasteiger partial charge in [0, 0.05) is 17.8 Å². The molecule has 47 heavy (non-hydrogen) atoms. The van der Waals surface area contributed by atoms with Gasteiger partial charge in [-0.2, -0.15) is 8.42 Å². The summed E-state index contributed by atoms with van der Waals surface area (Å²) >= 11 is 0. The van der Waals surface area contributed by atoms with Crippen molar-refractivity contribution in [3.63, 3.8) is 0 Å². The molecule has 2 aliphatic heterocycles. The number of hydrogen-bond donors (Lipinski definition) is 4. The van der Waals surface area contributed by atoms with Gasteiger partial charge in [0.25, 0.3) is 10.0 Å². The van der Waals surface area contributed by atoms with Gasteiger partial charge in [0.05, 0.1) is 17.5 Å². The van der Waals surface area contributed by atoms with E-state index in [1.165, 1.54) is 29.2 Å². The summed E-state index contributed by atoms with van der Waals surface area (Å²) in [5, 5.41) is 24.0. The number of likely N-dealkylation sites (tertiary alicyclic amines) is 1. The number of carboxylic acid groups (broad SMARTS) is 1. The van der Waals surface area contributed by atoms with Crippen LogP contribution in [0.2, 0.25) is 0 Å². The number of hydrogen-bond acceptors (Lipinski definition) is 10. The molecule has 252 valence electrons. The summed E-state index contributed by atoms with van der Waals surface area (Å²) in [7, 11) is -8.28. The van der Waals surface area contributed by atoms with Crippen molar-refractivity contribution in [3.05, 3.63) is 59.2 Å². The molecule has 0 radical (unpaired) electrons. The molecular weight excluding hydrogens is 652 g/mol. The fourth-order valence-electron chi connectivity index (χ4n) is 6.31. The normalized spacial score (nSPS) is 23.5. The van der Waals surface area contributed by atoms with Crippen molar-refractivity contribution in [1.29, 1.82) is 0 Å². The van der Waals surface area contributed by atoms with Gasteiger partial charge >= 0.3 is 12.1 Å². The van der Waals surface area contributed by atoms with Crippen molar-refractivity contribution < 1.29 is 46.2 Å². The zero-order valence-corrected chi connectivity index (χ0v) is 27.9. The van der Waals surface area contributed by atoms with E-state index in [9.17, 15) is 41.4 Å². The van der Waals surface area contributed by atoms with Crippen LogP contribution in [0.15, 0.2) is 57.3 Å². The highest BCUT2D eigenvalue weighted by molar-refractivity contribution is 7.92. The Morgan fingerprint density at radius 3 is 2.55 bits per heavy atom. The second-order valence-electron chi connectivity index (χ2n) is 12.7. The fraction of sp³-hybridized carbons (Fsp3) is 0.419. The Morgan fingerprint density at radius 2 is 1.89 bits per heavy atom. The molecule has 2 atom stereocenters. The molecule has 0 unspecified atom stereocenters. The number of aliphatic hydroxyl groups excluding tert-OH is 1. The van der Waals surface area contributed by atoms with Crippen LogP contribution in [-0.2, 0) is 39.8 Å². The van der Waals surface area contributed by atoms with Crippen molar-refractivity contribution in [2.45, 2.75) is 62.3 Å². The Kier molecular flexibility index (Phi) is 8.64. The highest BCUT2D eigenvalue weighted by Gasteiger charge is 2.56. The fourth-order valence-corrected chi connectivity index (χ4v) is 8.01. The van der Waals surface area contributed by atoms with E-state index in [2.05, 4.69) is 14.4 Å². The first kappa shape index (κ1) is 33.9. The number of benzene rings is 2. The first-order valence-corrected chi connectivity index (χ1v) is 18.2. The van der Waals surface area contributed by atoms with Crippen molar-refractivity contribution in [2.75, 3.05) is 29.4 Å². The Balaban J connectivity index is 1.61. The number of carbonyl (C=O) groups excluding carboxylic acids is 2. The molecule has 4 N–H and O–H groups in total. The first-order chi connectivity index (χ1) is 21.9. The molecule has 2 heterocycles. The molecule has 5 rings (SSSR count). The van der Waals surface area contributed by atoms with Gasteiger partial charge < -0.3 is 20.3 Å². The number of ether oxygens (including phenoxy) is 1. The molecule has 2 aromatic rings.